The van der Waals surface area contributed by atoms with Gasteiger partial charge in [0.25, 0.3) is 11.8 Å². The lowest BCUT2D eigenvalue weighted by atomic mass is 10.1. The number of aromatic nitrogens is 1. The van der Waals surface area contributed by atoms with Crippen LogP contribution in [0.2, 0.25) is 0 Å². The largest absolute Gasteiger partial charge is 0.334 e. The first-order valence-corrected chi connectivity index (χ1v) is 10.8. The smallest absolute Gasteiger partial charge is 0.270 e. The molecule has 1 aliphatic rings. The Bertz CT molecular complexity index is 1050. The number of thiophene rings is 1. The van der Waals surface area contributed by atoms with Crippen LogP contribution in [-0.2, 0) is 6.54 Å². The second kappa shape index (κ2) is 8.25. The summed E-state index contributed by atoms with van der Waals surface area (Å²) in [4.78, 5) is 31.0. The molecular weight excluding hydrogens is 382 g/mol. The van der Waals surface area contributed by atoms with Crippen LogP contribution in [0, 0.1) is 0 Å². The molecule has 1 aliphatic heterocycles. The van der Waals surface area contributed by atoms with Gasteiger partial charge in [0, 0.05) is 43.2 Å². The second-order valence-electron chi connectivity index (χ2n) is 7.36. The summed E-state index contributed by atoms with van der Waals surface area (Å²) >= 11 is 1.66. The molecule has 0 saturated carbocycles. The average Bonchev–Trinajstić information content (AvgIpc) is 3.33. The number of fused-ring (bicyclic) bond motifs is 1. The zero-order valence-corrected chi connectivity index (χ0v) is 17.6. The number of hydrogen-bond acceptors (Lipinski definition) is 3. The first-order chi connectivity index (χ1) is 14.1. The molecule has 150 valence electrons. The van der Waals surface area contributed by atoms with Gasteiger partial charge < -0.3 is 14.4 Å². The molecule has 1 atom stereocenters. The topological polar surface area (TPSA) is 45.6 Å². The van der Waals surface area contributed by atoms with Gasteiger partial charge >= 0.3 is 0 Å². The van der Waals surface area contributed by atoms with Gasteiger partial charge in [-0.25, -0.2) is 0 Å². The Morgan fingerprint density at radius 2 is 1.93 bits per heavy atom. The maximum Gasteiger partial charge on any atom is 0.270 e. The van der Waals surface area contributed by atoms with Gasteiger partial charge in [0.05, 0.1) is 0 Å². The molecule has 2 aromatic heterocycles. The quantitative estimate of drug-likeness (QED) is 0.607. The first kappa shape index (κ1) is 19.5. The molecule has 6 heteroatoms. The summed E-state index contributed by atoms with van der Waals surface area (Å²) in [7, 11) is 0. The molecule has 5 nitrogen and oxygen atoms in total. The molecule has 1 aromatic carbocycles. The molecule has 0 spiro atoms. The standard InChI is InChI=1S/C23H25N3O2S/c1-3-4-11-26-20(15-19-10-14-29-23(19)26)22(28)24-12-13-25(17(2)16-24)21(27)18-8-6-5-7-9-18/h3-10,14-15,17H,11-13,16H2,1-2H3/b4-3-/t17-/m1/s1. The van der Waals surface area contributed by atoms with E-state index in [0.29, 0.717) is 31.7 Å². The molecule has 1 fully saturated rings. The highest BCUT2D eigenvalue weighted by atomic mass is 32.1. The summed E-state index contributed by atoms with van der Waals surface area (Å²) in [6, 6.07) is 13.4. The molecule has 29 heavy (non-hydrogen) atoms. The van der Waals surface area contributed by atoms with Crippen LogP contribution in [0.4, 0.5) is 0 Å². The van der Waals surface area contributed by atoms with Crippen LogP contribution in [0.15, 0.2) is 60.0 Å². The van der Waals surface area contributed by atoms with Gasteiger partial charge in [-0.1, -0.05) is 30.4 Å². The number of amides is 2. The Hall–Kier alpha value is -2.86. The van der Waals surface area contributed by atoms with Crippen LogP contribution < -0.4 is 0 Å². The molecular formula is C23H25N3O2S. The molecule has 2 amide bonds. The fourth-order valence-corrected chi connectivity index (χ4v) is 4.80. The highest BCUT2D eigenvalue weighted by Gasteiger charge is 2.32. The van der Waals surface area contributed by atoms with Gasteiger partial charge in [-0.05, 0) is 43.5 Å². The lowest BCUT2D eigenvalue weighted by molar-refractivity contribution is 0.0409. The number of benzene rings is 1. The minimum atomic E-state index is -0.0273. The van der Waals surface area contributed by atoms with Crippen molar-refractivity contribution in [2.24, 2.45) is 0 Å². The molecule has 3 heterocycles. The summed E-state index contributed by atoms with van der Waals surface area (Å²) in [5.41, 5.74) is 1.42. The van der Waals surface area contributed by atoms with E-state index in [-0.39, 0.29) is 17.9 Å². The zero-order valence-electron chi connectivity index (χ0n) is 16.7. The number of carbonyl (C=O) groups is 2. The molecule has 4 rings (SSSR count). The van der Waals surface area contributed by atoms with Crippen molar-refractivity contribution in [3.05, 3.63) is 71.3 Å². The zero-order chi connectivity index (χ0) is 20.4. The first-order valence-electron chi connectivity index (χ1n) is 9.93. The van der Waals surface area contributed by atoms with Gasteiger partial charge in [0.1, 0.15) is 10.5 Å². The fourth-order valence-electron chi connectivity index (χ4n) is 3.90. The molecule has 3 aromatic rings. The van der Waals surface area contributed by atoms with Gasteiger partial charge in [-0.3, -0.25) is 9.59 Å². The number of rotatable bonds is 4. The third-order valence-electron chi connectivity index (χ3n) is 5.44. The lowest BCUT2D eigenvalue weighted by Gasteiger charge is -2.40. The van der Waals surface area contributed by atoms with Crippen molar-refractivity contribution in [3.63, 3.8) is 0 Å². The van der Waals surface area contributed by atoms with E-state index < -0.39 is 0 Å². The van der Waals surface area contributed by atoms with Crippen molar-refractivity contribution >= 4 is 33.4 Å². The molecule has 0 radical (unpaired) electrons. The van der Waals surface area contributed by atoms with Crippen molar-refractivity contribution in [2.75, 3.05) is 19.6 Å². The normalized spacial score (nSPS) is 17.4. The lowest BCUT2D eigenvalue weighted by Crippen LogP contribution is -2.55. The van der Waals surface area contributed by atoms with E-state index in [1.165, 1.54) is 0 Å². The van der Waals surface area contributed by atoms with Crippen LogP contribution in [0.1, 0.15) is 34.7 Å². The highest BCUT2D eigenvalue weighted by molar-refractivity contribution is 7.16. The van der Waals surface area contributed by atoms with Crippen molar-refractivity contribution in [3.8, 4) is 0 Å². The summed E-state index contributed by atoms with van der Waals surface area (Å²) in [6.07, 6.45) is 4.07. The highest BCUT2D eigenvalue weighted by Crippen LogP contribution is 2.27. The van der Waals surface area contributed by atoms with Gasteiger partial charge in [-0.15, -0.1) is 11.3 Å². The Morgan fingerprint density at radius 3 is 2.66 bits per heavy atom. The Balaban J connectivity index is 1.52. The molecule has 0 bridgehead atoms. The van der Waals surface area contributed by atoms with Crippen LogP contribution in [0.3, 0.4) is 0 Å². The van der Waals surface area contributed by atoms with Crippen molar-refractivity contribution < 1.29 is 9.59 Å². The second-order valence-corrected chi connectivity index (χ2v) is 8.25. The number of nitrogens with zero attached hydrogens (tertiary/aromatic N) is 3. The maximum atomic E-state index is 13.3. The monoisotopic (exact) mass is 407 g/mol. The van der Waals surface area contributed by atoms with Gasteiger partial charge in [0.2, 0.25) is 0 Å². The summed E-state index contributed by atoms with van der Waals surface area (Å²) in [5.74, 6) is 0.0683. The van der Waals surface area contributed by atoms with Gasteiger partial charge in [-0.2, -0.15) is 0 Å². The van der Waals surface area contributed by atoms with Crippen LogP contribution in [0.25, 0.3) is 10.2 Å². The van der Waals surface area contributed by atoms with E-state index in [2.05, 4.69) is 22.1 Å². The predicted molar refractivity (Wildman–Crippen MR) is 117 cm³/mol. The fraction of sp³-hybridized carbons (Fsp3) is 0.304. The van der Waals surface area contributed by atoms with Crippen molar-refractivity contribution in [1.82, 2.24) is 14.4 Å². The predicted octanol–water partition coefficient (Wildman–Crippen LogP) is 4.27. The Kier molecular flexibility index (Phi) is 5.53. The van der Waals surface area contributed by atoms with Gasteiger partial charge in [0.15, 0.2) is 0 Å². The minimum absolute atomic E-state index is 0.0273. The minimum Gasteiger partial charge on any atom is -0.334 e. The number of piperazine rings is 1. The molecule has 1 saturated heterocycles. The number of hydrogen-bond donors (Lipinski definition) is 0. The maximum absolute atomic E-state index is 13.3. The SMILES string of the molecule is C/C=C\Cn1c(C(=O)N2CCN(C(=O)c3ccccc3)[C@H](C)C2)cc2ccsc21. The Morgan fingerprint density at radius 1 is 1.14 bits per heavy atom. The van der Waals surface area contributed by atoms with E-state index in [9.17, 15) is 9.59 Å². The summed E-state index contributed by atoms with van der Waals surface area (Å²) in [6.45, 7) is 6.32. The van der Waals surface area contributed by atoms with E-state index in [1.54, 1.807) is 11.3 Å². The van der Waals surface area contributed by atoms with Crippen molar-refractivity contribution in [1.29, 1.82) is 0 Å². The third kappa shape index (κ3) is 3.72. The summed E-state index contributed by atoms with van der Waals surface area (Å²) < 4.78 is 2.09. The van der Waals surface area contributed by atoms with Crippen molar-refractivity contribution in [2.45, 2.75) is 26.4 Å². The van der Waals surface area contributed by atoms with Crippen LogP contribution in [0.5, 0.6) is 0 Å². The van der Waals surface area contributed by atoms with E-state index in [1.807, 2.05) is 66.1 Å². The third-order valence-corrected chi connectivity index (χ3v) is 6.39. The van der Waals surface area contributed by atoms with Crippen LogP contribution >= 0.6 is 11.3 Å². The van der Waals surface area contributed by atoms with Crippen LogP contribution in [-0.4, -0.2) is 51.9 Å². The molecule has 0 N–H and O–H groups in total. The molecule has 0 unspecified atom stereocenters. The average molecular weight is 408 g/mol. The number of carbonyl (C=O) groups excluding carboxylic acids is 2. The van der Waals surface area contributed by atoms with E-state index in [4.69, 9.17) is 0 Å². The Labute approximate surface area is 174 Å². The number of allylic oxidation sites excluding steroid dienone is 2. The van der Waals surface area contributed by atoms with E-state index in [0.717, 1.165) is 15.9 Å². The summed E-state index contributed by atoms with van der Waals surface area (Å²) in [5, 5.41) is 3.16. The van der Waals surface area contributed by atoms with E-state index >= 15 is 0 Å². The molecule has 0 aliphatic carbocycles.